The molecule has 162 valence electrons. The van der Waals surface area contributed by atoms with Crippen molar-refractivity contribution in [1.82, 2.24) is 5.32 Å². The topological polar surface area (TPSA) is 61.2 Å². The van der Waals surface area contributed by atoms with Gasteiger partial charge >= 0.3 is 0 Å². The van der Waals surface area contributed by atoms with Crippen LogP contribution in [0.25, 0.3) is 0 Å². The van der Waals surface area contributed by atoms with E-state index in [0.717, 1.165) is 37.4 Å². The summed E-state index contributed by atoms with van der Waals surface area (Å²) in [5.41, 5.74) is 3.77. The number of fused-ring (bicyclic) bond motifs is 1. The molecule has 2 aromatic carbocycles. The molecule has 0 bridgehead atoms. The highest BCUT2D eigenvalue weighted by molar-refractivity contribution is 5.77. The van der Waals surface area contributed by atoms with Gasteiger partial charge in [-0.15, -0.1) is 0 Å². The van der Waals surface area contributed by atoms with E-state index in [2.05, 4.69) is 48.6 Å². The Kier molecular flexibility index (Phi) is 7.71. The number of rotatable bonds is 9. The smallest absolute Gasteiger partial charge is 0.246 e. The highest BCUT2D eigenvalue weighted by Gasteiger charge is 2.38. The zero-order valence-corrected chi connectivity index (χ0v) is 18.4. The Morgan fingerprint density at radius 1 is 1.13 bits per heavy atom. The van der Waals surface area contributed by atoms with Crippen molar-refractivity contribution in [2.24, 2.45) is 0 Å². The second-order valence-corrected chi connectivity index (χ2v) is 7.72. The van der Waals surface area contributed by atoms with Crippen LogP contribution in [-0.2, 0) is 22.5 Å². The van der Waals surface area contributed by atoms with E-state index >= 15 is 0 Å². The van der Waals surface area contributed by atoms with E-state index in [1.165, 1.54) is 21.6 Å². The first-order valence-corrected chi connectivity index (χ1v) is 10.5. The van der Waals surface area contributed by atoms with Crippen molar-refractivity contribution < 1.29 is 23.9 Å². The molecule has 1 unspecified atom stereocenters. The zero-order valence-electron chi connectivity index (χ0n) is 18.4. The van der Waals surface area contributed by atoms with E-state index in [1.807, 2.05) is 6.07 Å². The Labute approximate surface area is 179 Å². The lowest BCUT2D eigenvalue weighted by atomic mass is 9.86. The van der Waals surface area contributed by atoms with Gasteiger partial charge in [-0.05, 0) is 24.1 Å². The summed E-state index contributed by atoms with van der Waals surface area (Å²) < 4.78 is 16.2. The number of amides is 1. The molecule has 1 amide bonds. The maximum atomic E-state index is 12.4. The second kappa shape index (κ2) is 10.5. The van der Waals surface area contributed by atoms with Crippen LogP contribution in [0.2, 0.25) is 0 Å². The fourth-order valence-electron chi connectivity index (χ4n) is 4.47. The third-order valence-corrected chi connectivity index (χ3v) is 5.87. The molecule has 2 aromatic rings. The molecule has 1 heterocycles. The van der Waals surface area contributed by atoms with Crippen LogP contribution in [-0.4, -0.2) is 46.4 Å². The molecule has 0 spiro atoms. The Morgan fingerprint density at radius 2 is 1.83 bits per heavy atom. The van der Waals surface area contributed by atoms with Gasteiger partial charge in [-0.2, -0.15) is 0 Å². The summed E-state index contributed by atoms with van der Waals surface area (Å²) in [4.78, 5) is 13.8. The largest absolute Gasteiger partial charge is 0.493 e. The van der Waals surface area contributed by atoms with E-state index in [0.29, 0.717) is 0 Å². The van der Waals surface area contributed by atoms with Crippen molar-refractivity contribution in [3.05, 3.63) is 59.2 Å². The maximum absolute atomic E-state index is 12.4. The van der Waals surface area contributed by atoms with Gasteiger partial charge in [0, 0.05) is 24.7 Å². The van der Waals surface area contributed by atoms with Gasteiger partial charge in [-0.3, -0.25) is 4.79 Å². The summed E-state index contributed by atoms with van der Waals surface area (Å²) >= 11 is 0. The van der Waals surface area contributed by atoms with E-state index in [9.17, 15) is 4.79 Å². The third-order valence-electron chi connectivity index (χ3n) is 5.87. The summed E-state index contributed by atoms with van der Waals surface area (Å²) in [6.07, 6.45) is 1.78. The Bertz CT molecular complexity index is 841. The Balaban J connectivity index is 2.00. The van der Waals surface area contributed by atoms with Crippen molar-refractivity contribution in [3.8, 4) is 11.5 Å². The standard InChI is InChI=1S/C24H32N2O4/c1-5-20(25-23(27)16-28-2)24-19-14-22(30-4)21(29-3)13-18(19)11-12-26(24)15-17-9-7-6-8-10-17/h6-10,13-14,20,24H,5,11-12,15-16H2,1-4H3,(H,25,27)/p+1/t20-,24+/m1/s1. The van der Waals surface area contributed by atoms with Crippen molar-refractivity contribution in [3.63, 3.8) is 0 Å². The molecule has 0 saturated carbocycles. The van der Waals surface area contributed by atoms with Crippen LogP contribution in [0, 0.1) is 0 Å². The minimum absolute atomic E-state index is 0.0106. The molecule has 0 aromatic heterocycles. The Morgan fingerprint density at radius 3 is 2.47 bits per heavy atom. The van der Waals surface area contributed by atoms with Gasteiger partial charge < -0.3 is 24.4 Å². The van der Waals surface area contributed by atoms with Gasteiger partial charge in [-0.1, -0.05) is 37.3 Å². The summed E-state index contributed by atoms with van der Waals surface area (Å²) in [6.45, 7) is 4.07. The molecular weight excluding hydrogens is 380 g/mol. The first kappa shape index (κ1) is 22.1. The van der Waals surface area contributed by atoms with Crippen LogP contribution in [0.4, 0.5) is 0 Å². The minimum atomic E-state index is -0.0870. The fraction of sp³-hybridized carbons (Fsp3) is 0.458. The Hall–Kier alpha value is -2.57. The molecule has 30 heavy (non-hydrogen) atoms. The average Bonchev–Trinajstić information content (AvgIpc) is 2.77. The molecule has 0 saturated heterocycles. The molecule has 0 radical (unpaired) electrons. The molecule has 3 atom stereocenters. The van der Waals surface area contributed by atoms with E-state index in [-0.39, 0.29) is 24.6 Å². The average molecular weight is 414 g/mol. The van der Waals surface area contributed by atoms with Gasteiger partial charge in [0.1, 0.15) is 19.2 Å². The first-order chi connectivity index (χ1) is 14.6. The van der Waals surface area contributed by atoms with Crippen LogP contribution >= 0.6 is 0 Å². The number of carbonyl (C=O) groups is 1. The van der Waals surface area contributed by atoms with Crippen LogP contribution in [0.3, 0.4) is 0 Å². The minimum Gasteiger partial charge on any atom is -0.493 e. The molecule has 2 N–H and O–H groups in total. The number of ether oxygens (including phenoxy) is 3. The quantitative estimate of drug-likeness (QED) is 0.660. The number of quaternary nitrogens is 1. The highest BCUT2D eigenvalue weighted by atomic mass is 16.5. The van der Waals surface area contributed by atoms with Gasteiger partial charge in [0.2, 0.25) is 5.91 Å². The maximum Gasteiger partial charge on any atom is 0.246 e. The SMILES string of the molecule is CC[C@@H](NC(=O)COC)[C@@H]1c2cc(OC)c(OC)cc2CC[NH+]1Cc1ccccc1. The van der Waals surface area contributed by atoms with Gasteiger partial charge in [-0.25, -0.2) is 0 Å². The van der Waals surface area contributed by atoms with Gasteiger partial charge in [0.25, 0.3) is 0 Å². The lowest BCUT2D eigenvalue weighted by molar-refractivity contribution is -0.948. The number of methoxy groups -OCH3 is 3. The summed E-state index contributed by atoms with van der Waals surface area (Å²) in [6, 6.07) is 14.8. The van der Waals surface area contributed by atoms with Crippen molar-refractivity contribution in [2.45, 2.75) is 38.4 Å². The van der Waals surface area contributed by atoms with Gasteiger partial charge in [0.15, 0.2) is 11.5 Å². The summed E-state index contributed by atoms with van der Waals surface area (Å²) in [5.74, 6) is 1.38. The second-order valence-electron chi connectivity index (χ2n) is 7.72. The molecule has 1 aliphatic heterocycles. The molecular formula is C24H33N2O4+. The number of carbonyl (C=O) groups excluding carboxylic acids is 1. The number of hydrogen-bond donors (Lipinski definition) is 2. The van der Waals surface area contributed by atoms with Gasteiger partial charge in [0.05, 0.1) is 26.8 Å². The fourth-order valence-corrected chi connectivity index (χ4v) is 4.47. The van der Waals surface area contributed by atoms with Crippen molar-refractivity contribution in [1.29, 1.82) is 0 Å². The lowest BCUT2D eigenvalue weighted by Crippen LogP contribution is -3.13. The predicted octanol–water partition coefficient (Wildman–Crippen LogP) is 1.93. The first-order valence-electron chi connectivity index (χ1n) is 10.5. The molecule has 0 fully saturated rings. The monoisotopic (exact) mass is 413 g/mol. The molecule has 0 aliphatic carbocycles. The summed E-state index contributed by atoms with van der Waals surface area (Å²) in [5, 5.41) is 3.20. The van der Waals surface area contributed by atoms with Crippen LogP contribution in [0.1, 0.15) is 36.1 Å². The predicted molar refractivity (Wildman–Crippen MR) is 116 cm³/mol. The van der Waals surface area contributed by atoms with Crippen LogP contribution < -0.4 is 19.7 Å². The molecule has 6 heteroatoms. The summed E-state index contributed by atoms with van der Waals surface area (Å²) in [7, 11) is 4.87. The van der Waals surface area contributed by atoms with Crippen molar-refractivity contribution >= 4 is 5.91 Å². The number of benzene rings is 2. The van der Waals surface area contributed by atoms with Crippen molar-refractivity contribution in [2.75, 3.05) is 34.5 Å². The third kappa shape index (κ3) is 4.94. The molecule has 3 rings (SSSR count). The van der Waals surface area contributed by atoms with E-state index in [1.54, 1.807) is 21.3 Å². The lowest BCUT2D eigenvalue weighted by Gasteiger charge is -2.39. The normalized spacial score (nSPS) is 18.9. The van der Waals surface area contributed by atoms with E-state index in [4.69, 9.17) is 14.2 Å². The zero-order chi connectivity index (χ0) is 21.5. The van der Waals surface area contributed by atoms with Crippen LogP contribution in [0.5, 0.6) is 11.5 Å². The highest BCUT2D eigenvalue weighted by Crippen LogP contribution is 2.35. The van der Waals surface area contributed by atoms with E-state index < -0.39 is 0 Å². The van der Waals surface area contributed by atoms with Crippen LogP contribution in [0.15, 0.2) is 42.5 Å². The molecule has 6 nitrogen and oxygen atoms in total. The number of nitrogens with one attached hydrogen (secondary N) is 2. The number of hydrogen-bond acceptors (Lipinski definition) is 4. The molecule has 1 aliphatic rings.